The molecule has 2 saturated heterocycles. The highest BCUT2D eigenvalue weighted by atomic mass is 16.5. The maximum absolute atomic E-state index is 12.1. The minimum absolute atomic E-state index is 0.0197. The quantitative estimate of drug-likeness (QED) is 0.655. The van der Waals surface area contributed by atoms with E-state index in [9.17, 15) is 9.59 Å². The van der Waals surface area contributed by atoms with Crippen molar-refractivity contribution in [2.45, 2.75) is 6.42 Å². The molecule has 0 aromatic rings. The first-order valence-electron chi connectivity index (χ1n) is 6.42. The number of carbonyl (C=O) groups excluding carboxylic acids is 2. The van der Waals surface area contributed by atoms with Gasteiger partial charge in [0.05, 0.1) is 12.5 Å². The molecule has 0 N–H and O–H groups in total. The van der Waals surface area contributed by atoms with Gasteiger partial charge < -0.3 is 19.4 Å². The molecule has 0 aromatic heterocycles. The molecule has 102 valence electrons. The second-order valence-corrected chi connectivity index (χ2v) is 5.05. The molecule has 18 heavy (non-hydrogen) atoms. The van der Waals surface area contributed by atoms with Crippen LogP contribution in [0.15, 0.2) is 0 Å². The third-order valence-electron chi connectivity index (χ3n) is 3.52. The molecule has 1 atom stereocenters. The standard InChI is InChI=1S/C12H21N3O3/c1-13(2)12(17)15-6-4-14(5-7-15)11(16)10-3-8-18-9-10/h10H,3-9H2,1-2H3. The van der Waals surface area contributed by atoms with Crippen molar-refractivity contribution in [3.05, 3.63) is 0 Å². The van der Waals surface area contributed by atoms with Crippen molar-refractivity contribution >= 4 is 11.9 Å². The zero-order valence-corrected chi connectivity index (χ0v) is 11.1. The Hall–Kier alpha value is -1.30. The SMILES string of the molecule is CN(C)C(=O)N1CCN(C(=O)C2CCOC2)CC1. The van der Waals surface area contributed by atoms with Crippen LogP contribution in [-0.4, -0.2) is 80.1 Å². The van der Waals surface area contributed by atoms with Crippen LogP contribution >= 0.6 is 0 Å². The summed E-state index contributed by atoms with van der Waals surface area (Å²) in [4.78, 5) is 29.1. The monoisotopic (exact) mass is 255 g/mol. The smallest absolute Gasteiger partial charge is 0.319 e. The number of hydrogen-bond acceptors (Lipinski definition) is 3. The lowest BCUT2D eigenvalue weighted by molar-refractivity contribution is -0.136. The Bertz CT molecular complexity index is 319. The molecule has 3 amide bonds. The number of amides is 3. The lowest BCUT2D eigenvalue weighted by Gasteiger charge is -2.36. The van der Waals surface area contributed by atoms with Gasteiger partial charge in [-0.1, -0.05) is 0 Å². The number of piperazine rings is 1. The zero-order valence-electron chi connectivity index (χ0n) is 11.1. The molecule has 0 spiro atoms. The van der Waals surface area contributed by atoms with Crippen molar-refractivity contribution in [1.82, 2.24) is 14.7 Å². The van der Waals surface area contributed by atoms with Gasteiger partial charge in [-0.2, -0.15) is 0 Å². The summed E-state index contributed by atoms with van der Waals surface area (Å²) in [6.07, 6.45) is 0.829. The summed E-state index contributed by atoms with van der Waals surface area (Å²) in [7, 11) is 3.49. The van der Waals surface area contributed by atoms with Crippen molar-refractivity contribution < 1.29 is 14.3 Å². The lowest BCUT2D eigenvalue weighted by Crippen LogP contribution is -2.54. The van der Waals surface area contributed by atoms with Gasteiger partial charge in [0.1, 0.15) is 0 Å². The fourth-order valence-electron chi connectivity index (χ4n) is 2.39. The van der Waals surface area contributed by atoms with Crippen LogP contribution in [0.2, 0.25) is 0 Å². The second-order valence-electron chi connectivity index (χ2n) is 5.05. The highest BCUT2D eigenvalue weighted by molar-refractivity contribution is 5.80. The number of nitrogens with zero attached hydrogens (tertiary/aromatic N) is 3. The zero-order chi connectivity index (χ0) is 13.1. The molecule has 0 bridgehead atoms. The summed E-state index contributed by atoms with van der Waals surface area (Å²) >= 11 is 0. The lowest BCUT2D eigenvalue weighted by atomic mass is 10.1. The fraction of sp³-hybridized carbons (Fsp3) is 0.833. The Balaban J connectivity index is 1.82. The summed E-state index contributed by atoms with van der Waals surface area (Å²) in [5.41, 5.74) is 0. The maximum atomic E-state index is 12.1. The van der Waals surface area contributed by atoms with Gasteiger partial charge in [-0.3, -0.25) is 4.79 Å². The van der Waals surface area contributed by atoms with Crippen molar-refractivity contribution in [1.29, 1.82) is 0 Å². The number of ether oxygens (including phenoxy) is 1. The summed E-state index contributed by atoms with van der Waals surface area (Å²) in [5.74, 6) is 0.213. The van der Waals surface area contributed by atoms with E-state index in [2.05, 4.69) is 0 Å². The Morgan fingerprint density at radius 1 is 1.11 bits per heavy atom. The third kappa shape index (κ3) is 2.75. The van der Waals surface area contributed by atoms with Crippen LogP contribution in [0, 0.1) is 5.92 Å². The van der Waals surface area contributed by atoms with E-state index in [4.69, 9.17) is 4.74 Å². The van der Waals surface area contributed by atoms with Crippen LogP contribution in [0.5, 0.6) is 0 Å². The van der Waals surface area contributed by atoms with E-state index in [0.717, 1.165) is 6.42 Å². The molecule has 6 nitrogen and oxygen atoms in total. The fourth-order valence-corrected chi connectivity index (χ4v) is 2.39. The van der Waals surface area contributed by atoms with E-state index in [1.54, 1.807) is 23.9 Å². The minimum atomic E-state index is 0.0197. The van der Waals surface area contributed by atoms with Crippen LogP contribution < -0.4 is 0 Å². The number of hydrogen-bond donors (Lipinski definition) is 0. The molecule has 0 aromatic carbocycles. The van der Waals surface area contributed by atoms with E-state index < -0.39 is 0 Å². The summed E-state index contributed by atoms with van der Waals surface area (Å²) in [6, 6.07) is 0.0197. The molecule has 0 radical (unpaired) electrons. The first kappa shape index (κ1) is 13.1. The molecular weight excluding hydrogens is 234 g/mol. The number of urea groups is 1. The highest BCUT2D eigenvalue weighted by Crippen LogP contribution is 2.17. The molecule has 1 unspecified atom stereocenters. The Morgan fingerprint density at radius 2 is 1.72 bits per heavy atom. The van der Waals surface area contributed by atoms with E-state index >= 15 is 0 Å². The van der Waals surface area contributed by atoms with Crippen LogP contribution in [0.3, 0.4) is 0 Å². The van der Waals surface area contributed by atoms with Gasteiger partial charge in [0.25, 0.3) is 0 Å². The van der Waals surface area contributed by atoms with Gasteiger partial charge in [-0.15, -0.1) is 0 Å². The Morgan fingerprint density at radius 3 is 2.22 bits per heavy atom. The average molecular weight is 255 g/mol. The van der Waals surface area contributed by atoms with E-state index in [-0.39, 0.29) is 17.9 Å². The van der Waals surface area contributed by atoms with E-state index in [1.807, 2.05) is 4.90 Å². The van der Waals surface area contributed by atoms with Crippen molar-refractivity contribution in [3.8, 4) is 0 Å². The predicted octanol–water partition coefficient (Wildman–Crippen LogP) is -0.151. The molecule has 2 heterocycles. The summed E-state index contributed by atoms with van der Waals surface area (Å²) in [6.45, 7) is 3.75. The molecule has 2 aliphatic rings. The van der Waals surface area contributed by atoms with Gasteiger partial charge in [-0.25, -0.2) is 4.79 Å². The van der Waals surface area contributed by atoms with Crippen LogP contribution in [-0.2, 0) is 9.53 Å². The van der Waals surface area contributed by atoms with Gasteiger partial charge >= 0.3 is 6.03 Å². The van der Waals surface area contributed by atoms with Crippen molar-refractivity contribution in [2.75, 3.05) is 53.5 Å². The molecule has 2 aliphatic heterocycles. The van der Waals surface area contributed by atoms with Crippen molar-refractivity contribution in [3.63, 3.8) is 0 Å². The van der Waals surface area contributed by atoms with Crippen LogP contribution in [0.4, 0.5) is 4.79 Å². The first-order chi connectivity index (χ1) is 8.59. The first-order valence-corrected chi connectivity index (χ1v) is 6.42. The number of rotatable bonds is 1. The van der Waals surface area contributed by atoms with Gasteiger partial charge in [0.2, 0.25) is 5.91 Å². The van der Waals surface area contributed by atoms with Gasteiger partial charge in [-0.05, 0) is 6.42 Å². The molecule has 0 aliphatic carbocycles. The van der Waals surface area contributed by atoms with Gasteiger partial charge in [0, 0.05) is 46.9 Å². The van der Waals surface area contributed by atoms with E-state index in [0.29, 0.717) is 39.4 Å². The predicted molar refractivity (Wildman–Crippen MR) is 66.2 cm³/mol. The minimum Gasteiger partial charge on any atom is -0.381 e. The van der Waals surface area contributed by atoms with Crippen LogP contribution in [0.1, 0.15) is 6.42 Å². The molecule has 6 heteroatoms. The Kier molecular flexibility index (Phi) is 4.06. The third-order valence-corrected chi connectivity index (χ3v) is 3.52. The van der Waals surface area contributed by atoms with Crippen molar-refractivity contribution in [2.24, 2.45) is 5.92 Å². The summed E-state index contributed by atoms with van der Waals surface area (Å²) < 4.78 is 5.24. The summed E-state index contributed by atoms with van der Waals surface area (Å²) in [5, 5.41) is 0. The van der Waals surface area contributed by atoms with Gasteiger partial charge in [0.15, 0.2) is 0 Å². The average Bonchev–Trinajstić information content (AvgIpc) is 2.91. The molecule has 0 saturated carbocycles. The maximum Gasteiger partial charge on any atom is 0.319 e. The topological polar surface area (TPSA) is 53.1 Å². The number of carbonyl (C=O) groups is 2. The largest absolute Gasteiger partial charge is 0.381 e. The molecule has 2 rings (SSSR count). The van der Waals surface area contributed by atoms with Crippen LogP contribution in [0.25, 0.3) is 0 Å². The highest BCUT2D eigenvalue weighted by Gasteiger charge is 2.31. The normalized spacial score (nSPS) is 24.2. The second kappa shape index (κ2) is 5.56. The molecule has 2 fully saturated rings. The Labute approximate surface area is 107 Å². The van der Waals surface area contributed by atoms with E-state index in [1.165, 1.54) is 0 Å². The molecular formula is C12H21N3O3.